The molecule has 1 amide bonds. The molecule has 22 nitrogen and oxygen atoms in total. The highest BCUT2D eigenvalue weighted by Crippen LogP contribution is 2.45. The van der Waals surface area contributed by atoms with Crippen LogP contribution in [0, 0.1) is 27.7 Å². The van der Waals surface area contributed by atoms with E-state index in [4.69, 9.17) is 14.9 Å². The highest BCUT2D eigenvalue weighted by molar-refractivity contribution is 7.98. The zero-order chi connectivity index (χ0) is 81.6. The van der Waals surface area contributed by atoms with Crippen LogP contribution in [0.3, 0.4) is 0 Å². The van der Waals surface area contributed by atoms with Gasteiger partial charge in [-0.2, -0.15) is 11.8 Å². The van der Waals surface area contributed by atoms with Crippen LogP contribution in [-0.2, 0) is 54.4 Å². The zero-order valence-corrected chi connectivity index (χ0v) is 70.8. The Morgan fingerprint density at radius 2 is 0.664 bits per heavy atom. The van der Waals surface area contributed by atoms with Gasteiger partial charge in [0.15, 0.2) is 0 Å². The lowest BCUT2D eigenvalue weighted by molar-refractivity contribution is -0.137. The maximum Gasteiger partial charge on any atom is 0.303 e. The van der Waals surface area contributed by atoms with Gasteiger partial charge >= 0.3 is 5.97 Å². The number of thioether (sulfide) groups is 1. The number of carbonyl (C=O) groups excluding carboxylic acids is 1. The van der Waals surface area contributed by atoms with Crippen LogP contribution in [0.15, 0.2) is 189 Å². The van der Waals surface area contributed by atoms with Crippen molar-refractivity contribution in [2.75, 3.05) is 110 Å². The number of fused-ring (bicyclic) bond motifs is 8. The highest BCUT2D eigenvalue weighted by atomic mass is 32.2. The van der Waals surface area contributed by atoms with E-state index in [0.717, 1.165) is 187 Å². The summed E-state index contributed by atoms with van der Waals surface area (Å²) >= 11 is 1.82. The molecule has 4 aliphatic rings. The monoisotopic (exact) mass is 1640 g/mol. The Balaban J connectivity index is 0.000000173. The van der Waals surface area contributed by atoms with Crippen LogP contribution in [-0.4, -0.2) is 149 Å². The van der Waals surface area contributed by atoms with Gasteiger partial charge < -0.3 is 41.5 Å². The number of carboxylic acids is 1. The number of nitrogens with zero attached hydrogens (tertiary/aromatic N) is 4. The van der Waals surface area contributed by atoms with E-state index in [-0.39, 0.29) is 43.1 Å². The van der Waals surface area contributed by atoms with Gasteiger partial charge in [0.25, 0.3) is 40.1 Å². The number of carboxylic acid groups (broad SMARTS) is 1. The van der Waals surface area contributed by atoms with Crippen LogP contribution in [0.1, 0.15) is 181 Å². The standard InChI is InChI=1S/C24H33N3O4S.C22H28N2O4S.C21H28N2O3S.C19H24N2O2S2/c1-18-12-13-20-22(17-18)32(30,31)27(2)21-10-7-6-9-19(21)24(20)26-14-8-4-3-5-11-23(29)25-15-16-28;1-16-12-13-18-20(15-16)29(27,28)24(2)19-10-7-6-9-17(19)22(18)23-14-8-4-3-5-11-21(25)26;1-16-11-12-18-20(15-16)27(24,25)23(2)19-10-6-5-9-17(19)21(18)22-13-7-4-8-14-26-3;1-14-9-10-16-18(13-14)25(22,23)21(2)17-8-5-4-7-15(17)19(16)20-11-6-12-24-3/h6-7,9-10,12-13,17,24,26,28H,3-5,8,11,14-16H2,1-2H3,(H,25,29);6-7,9-10,12-13,15,22-23H,3-5,8,11,14H2,1-2H3,(H,25,26);5-6,9-12,15,21-22H,4,7-8,13-14H2,1-3H3;4-5,7-10,13,19-20H,6,11-12H2,1-3H3. The molecule has 113 heavy (non-hydrogen) atoms. The molecule has 0 spiro atoms. The summed E-state index contributed by atoms with van der Waals surface area (Å²) in [7, 11) is -6.25. The molecular formula is C86H113N9O13S5. The fraction of sp³-hybridized carbons (Fsp3) is 0.419. The number of carbonyl (C=O) groups is 2. The van der Waals surface area contributed by atoms with Crippen molar-refractivity contribution in [2.45, 2.75) is 161 Å². The fourth-order valence-corrected chi connectivity index (χ4v) is 21.3. The number of nitrogens with one attached hydrogen (secondary N) is 5. The second-order valence-corrected chi connectivity index (χ2v) is 37.8. The van der Waals surface area contributed by atoms with Crippen molar-refractivity contribution in [3.05, 3.63) is 237 Å². The third-order valence-corrected chi connectivity index (χ3v) is 28.9. The largest absolute Gasteiger partial charge is 0.481 e. The molecule has 0 radical (unpaired) electrons. The number of anilines is 4. The van der Waals surface area contributed by atoms with Crippen LogP contribution < -0.4 is 43.8 Å². The molecule has 4 heterocycles. The predicted molar refractivity (Wildman–Crippen MR) is 455 cm³/mol. The van der Waals surface area contributed by atoms with Gasteiger partial charge in [-0.05, 0) is 233 Å². The number of unbranched alkanes of at least 4 members (excludes halogenated alkanes) is 8. The van der Waals surface area contributed by atoms with Crippen molar-refractivity contribution in [3.63, 3.8) is 0 Å². The lowest BCUT2D eigenvalue weighted by Gasteiger charge is -2.22. The number of para-hydroxylation sites is 4. The van der Waals surface area contributed by atoms with Gasteiger partial charge in [0, 0.05) is 61.3 Å². The molecule has 8 aromatic carbocycles. The van der Waals surface area contributed by atoms with Crippen molar-refractivity contribution < 1.29 is 58.2 Å². The first-order chi connectivity index (χ1) is 54.1. The summed E-state index contributed by atoms with van der Waals surface area (Å²) in [5, 5.41) is 34.4. The lowest BCUT2D eigenvalue weighted by Crippen LogP contribution is -2.26. The van der Waals surface area contributed by atoms with Crippen molar-refractivity contribution >= 4 is 86.5 Å². The topological polar surface area (TPSA) is 293 Å². The number of hydrogen-bond acceptors (Lipinski definition) is 17. The lowest BCUT2D eigenvalue weighted by atomic mass is 9.96. The molecule has 4 unspecified atom stereocenters. The molecule has 4 aliphatic heterocycles. The van der Waals surface area contributed by atoms with Gasteiger partial charge in [0.05, 0.1) is 73.1 Å². The summed E-state index contributed by atoms with van der Waals surface area (Å²) in [5.74, 6) is 0.306. The highest BCUT2D eigenvalue weighted by Gasteiger charge is 2.39. The van der Waals surface area contributed by atoms with E-state index in [0.29, 0.717) is 50.3 Å². The average Bonchev–Trinajstić information content (AvgIpc) is 1.64. The SMILES string of the molecule is COCCCCCNC1c2ccccc2N(C)S(=O)(=O)c2cc(C)ccc21.CSCCCNC1c2ccccc2N(C)S(=O)(=O)c2cc(C)ccc21.Cc1ccc2c(c1)S(=O)(=O)N(C)c1ccccc1C2NCCCCCCC(=O)NCCO.Cc1ccc2c(c1)S(=O)(=O)N(C)c1ccccc1C2NCCCCCCC(=O)O. The predicted octanol–water partition coefficient (Wildman–Crippen LogP) is 13.9. The van der Waals surface area contributed by atoms with E-state index in [1.165, 1.54) is 17.2 Å². The number of aryl methyl sites for hydroxylation is 4. The molecule has 27 heteroatoms. The molecule has 0 saturated carbocycles. The summed E-state index contributed by atoms with van der Waals surface area (Å²) in [6.07, 6.45) is 14.0. The van der Waals surface area contributed by atoms with Crippen LogP contribution in [0.5, 0.6) is 0 Å². The zero-order valence-electron chi connectivity index (χ0n) is 66.7. The second-order valence-electron chi connectivity index (χ2n) is 29.0. The molecule has 7 N–H and O–H groups in total. The number of sulfonamides is 4. The van der Waals surface area contributed by atoms with E-state index < -0.39 is 46.1 Å². The Morgan fingerprint density at radius 3 is 0.956 bits per heavy atom. The van der Waals surface area contributed by atoms with Crippen LogP contribution in [0.25, 0.3) is 0 Å². The van der Waals surface area contributed by atoms with E-state index in [9.17, 15) is 43.3 Å². The van der Waals surface area contributed by atoms with Crippen LogP contribution in [0.4, 0.5) is 22.7 Å². The van der Waals surface area contributed by atoms with E-state index >= 15 is 0 Å². The molecule has 8 aromatic rings. The number of aliphatic hydroxyl groups is 1. The first kappa shape index (κ1) is 88.8. The Hall–Kier alpha value is -8.19. The number of rotatable bonds is 30. The maximum absolute atomic E-state index is 13.3. The van der Waals surface area contributed by atoms with Crippen molar-refractivity contribution in [1.29, 1.82) is 0 Å². The van der Waals surface area contributed by atoms with Gasteiger partial charge in [-0.25, -0.2) is 33.7 Å². The Bertz CT molecular complexity index is 5030. The quantitative estimate of drug-likeness (QED) is 0.0206. The van der Waals surface area contributed by atoms with Gasteiger partial charge in [-0.3, -0.25) is 26.8 Å². The van der Waals surface area contributed by atoms with Crippen LogP contribution >= 0.6 is 11.8 Å². The number of amides is 1. The second kappa shape index (κ2) is 41.4. The molecular weight excluding hydrogens is 1530 g/mol. The molecule has 0 bridgehead atoms. The number of hydrogen-bond donors (Lipinski definition) is 7. The summed E-state index contributed by atoms with van der Waals surface area (Å²) in [6, 6.07) is 52.6. The van der Waals surface area contributed by atoms with Gasteiger partial charge in [-0.1, -0.05) is 147 Å². The summed E-state index contributed by atoms with van der Waals surface area (Å²) in [6.45, 7) is 11.8. The minimum atomic E-state index is -3.64. The third kappa shape index (κ3) is 21.9. The van der Waals surface area contributed by atoms with Gasteiger partial charge in [-0.15, -0.1) is 0 Å². The van der Waals surface area contributed by atoms with E-state index in [2.05, 4.69) is 32.8 Å². The smallest absolute Gasteiger partial charge is 0.303 e. The average molecular weight is 1640 g/mol. The Morgan fingerprint density at radius 1 is 0.381 bits per heavy atom. The number of methoxy groups -OCH3 is 1. The number of aliphatic carboxylic acids is 1. The number of benzene rings is 8. The number of aliphatic hydroxyl groups excluding tert-OH is 1. The molecule has 0 aromatic heterocycles. The first-order valence-corrected chi connectivity index (χ1v) is 46.0. The van der Waals surface area contributed by atoms with E-state index in [1.54, 1.807) is 59.6 Å². The molecule has 4 atom stereocenters. The summed E-state index contributed by atoms with van der Waals surface area (Å²) < 4.78 is 116. The van der Waals surface area contributed by atoms with Gasteiger partial charge in [0.2, 0.25) is 5.91 Å². The van der Waals surface area contributed by atoms with Crippen LogP contribution in [0.2, 0.25) is 0 Å². The van der Waals surface area contributed by atoms with E-state index in [1.807, 2.05) is 185 Å². The molecule has 0 aliphatic carbocycles. The minimum Gasteiger partial charge on any atom is -0.481 e. The molecule has 0 saturated heterocycles. The minimum absolute atomic E-state index is 0.0236. The Kier molecular flexibility index (Phi) is 32.5. The maximum atomic E-state index is 13.3. The van der Waals surface area contributed by atoms with Crippen molar-refractivity contribution in [2.24, 2.45) is 0 Å². The van der Waals surface area contributed by atoms with Gasteiger partial charge in [0.1, 0.15) is 0 Å². The van der Waals surface area contributed by atoms with Crippen molar-refractivity contribution in [3.8, 4) is 0 Å². The van der Waals surface area contributed by atoms with Crippen molar-refractivity contribution in [1.82, 2.24) is 26.6 Å². The molecule has 12 rings (SSSR count). The molecule has 0 fully saturated rings. The normalized spacial score (nSPS) is 17.5. The third-order valence-electron chi connectivity index (χ3n) is 20.8. The fourth-order valence-electron chi connectivity index (χ4n) is 14.7. The summed E-state index contributed by atoms with van der Waals surface area (Å²) in [4.78, 5) is 23.7. The molecule has 610 valence electrons. The Labute approximate surface area is 675 Å². The first-order valence-electron chi connectivity index (χ1n) is 38.9. The number of ether oxygens (including phenoxy) is 1. The summed E-state index contributed by atoms with van der Waals surface area (Å²) in [5.41, 5.74) is 13.6.